The quantitative estimate of drug-likeness (QED) is 0.772. The van der Waals surface area contributed by atoms with Gasteiger partial charge in [-0.2, -0.15) is 0 Å². The van der Waals surface area contributed by atoms with Gasteiger partial charge in [-0.25, -0.2) is 4.79 Å². The minimum absolute atomic E-state index is 0.190. The number of hydrogen-bond acceptors (Lipinski definition) is 4. The Morgan fingerprint density at radius 1 is 1.28 bits per heavy atom. The van der Waals surface area contributed by atoms with Crippen LogP contribution < -0.4 is 5.32 Å². The number of piperidine rings is 1. The SMILES string of the molecule is Cc1cc(Cl)ccc1C1(O)[C@H](C)CN(C(=O)[C@@H](C)NC(=O)OC(C)(C)C)C[C@@H]1C. The number of benzene rings is 1. The molecule has 0 aromatic heterocycles. The number of hydrogen-bond donors (Lipinski definition) is 2. The third kappa shape index (κ3) is 5.23. The summed E-state index contributed by atoms with van der Waals surface area (Å²) in [4.78, 5) is 26.6. The molecular formula is C22H33ClN2O4. The Kier molecular flexibility index (Phi) is 6.90. The second-order valence-corrected chi connectivity index (χ2v) is 9.63. The number of amides is 2. The molecule has 29 heavy (non-hydrogen) atoms. The molecule has 7 heteroatoms. The number of nitrogens with zero attached hydrogens (tertiary/aromatic N) is 1. The second kappa shape index (κ2) is 8.52. The summed E-state index contributed by atoms with van der Waals surface area (Å²) in [5, 5.41) is 14.8. The number of likely N-dealkylation sites (tertiary alicyclic amines) is 1. The Bertz CT molecular complexity index is 763. The summed E-state index contributed by atoms with van der Waals surface area (Å²) in [6.45, 7) is 13.6. The van der Waals surface area contributed by atoms with Crippen molar-refractivity contribution in [2.75, 3.05) is 13.1 Å². The number of ether oxygens (including phenoxy) is 1. The van der Waals surface area contributed by atoms with Gasteiger partial charge in [-0.15, -0.1) is 0 Å². The highest BCUT2D eigenvalue weighted by molar-refractivity contribution is 6.30. The van der Waals surface area contributed by atoms with Crippen molar-refractivity contribution in [1.29, 1.82) is 0 Å². The molecule has 0 aliphatic carbocycles. The molecule has 1 fully saturated rings. The van der Waals surface area contributed by atoms with E-state index in [1.54, 1.807) is 38.7 Å². The third-order valence-corrected chi connectivity index (χ3v) is 5.76. The largest absolute Gasteiger partial charge is 0.444 e. The zero-order valence-electron chi connectivity index (χ0n) is 18.4. The number of rotatable bonds is 3. The van der Waals surface area contributed by atoms with E-state index in [-0.39, 0.29) is 17.7 Å². The van der Waals surface area contributed by atoms with Crippen molar-refractivity contribution in [2.45, 2.75) is 65.7 Å². The molecule has 1 saturated heterocycles. The molecule has 6 nitrogen and oxygen atoms in total. The minimum atomic E-state index is -1.06. The molecule has 162 valence electrons. The smallest absolute Gasteiger partial charge is 0.408 e. The predicted octanol–water partition coefficient (Wildman–Crippen LogP) is 3.86. The lowest BCUT2D eigenvalue weighted by atomic mass is 9.69. The summed E-state index contributed by atoms with van der Waals surface area (Å²) in [5.74, 6) is -0.572. The summed E-state index contributed by atoms with van der Waals surface area (Å²) in [5.41, 5.74) is 0.0775. The van der Waals surface area contributed by atoms with Crippen molar-refractivity contribution >= 4 is 23.6 Å². The first-order valence-electron chi connectivity index (χ1n) is 10.0. The zero-order valence-corrected chi connectivity index (χ0v) is 19.1. The van der Waals surface area contributed by atoms with Gasteiger partial charge in [0.2, 0.25) is 5.91 Å². The maximum absolute atomic E-state index is 12.9. The van der Waals surface area contributed by atoms with Crippen LogP contribution in [0.25, 0.3) is 0 Å². The first-order chi connectivity index (χ1) is 13.3. The topological polar surface area (TPSA) is 78.9 Å². The van der Waals surface area contributed by atoms with Gasteiger partial charge in [0.15, 0.2) is 0 Å². The van der Waals surface area contributed by atoms with Crippen molar-refractivity contribution in [3.63, 3.8) is 0 Å². The van der Waals surface area contributed by atoms with Crippen LogP contribution in [-0.4, -0.2) is 46.7 Å². The Hall–Kier alpha value is -1.79. The zero-order chi connectivity index (χ0) is 22.1. The maximum atomic E-state index is 12.9. The Morgan fingerprint density at radius 3 is 2.31 bits per heavy atom. The first kappa shape index (κ1) is 23.5. The van der Waals surface area contributed by atoms with Crippen LogP contribution in [0.15, 0.2) is 18.2 Å². The van der Waals surface area contributed by atoms with Crippen LogP contribution in [0.2, 0.25) is 5.02 Å². The fourth-order valence-corrected chi connectivity index (χ4v) is 4.33. The van der Waals surface area contributed by atoms with Crippen molar-refractivity contribution in [3.05, 3.63) is 34.3 Å². The summed E-state index contributed by atoms with van der Waals surface area (Å²) in [6, 6.07) is 4.78. The molecule has 2 N–H and O–H groups in total. The van der Waals surface area contributed by atoms with Crippen molar-refractivity contribution in [3.8, 4) is 0 Å². The molecule has 0 spiro atoms. The van der Waals surface area contributed by atoms with E-state index in [1.807, 2.05) is 32.9 Å². The van der Waals surface area contributed by atoms with Gasteiger partial charge in [-0.3, -0.25) is 4.79 Å². The standard InChI is InChI=1S/C22H33ClN2O4/c1-13-10-17(23)8-9-18(13)22(28)14(2)11-25(12-15(22)3)19(26)16(4)24-20(27)29-21(5,6)7/h8-10,14-16,28H,11-12H2,1-7H3,(H,24,27)/t14-,15+,16-,22?/m1/s1. The number of aliphatic hydroxyl groups is 1. The van der Waals surface area contributed by atoms with E-state index < -0.39 is 23.3 Å². The summed E-state index contributed by atoms with van der Waals surface area (Å²) >= 11 is 6.08. The molecule has 1 aromatic carbocycles. The Labute approximate surface area is 178 Å². The summed E-state index contributed by atoms with van der Waals surface area (Å²) in [6.07, 6.45) is -0.621. The number of carbonyl (C=O) groups is 2. The van der Waals surface area contributed by atoms with E-state index >= 15 is 0 Å². The van der Waals surface area contributed by atoms with Crippen molar-refractivity contribution in [2.24, 2.45) is 11.8 Å². The van der Waals surface area contributed by atoms with E-state index in [1.165, 1.54) is 0 Å². The van der Waals surface area contributed by atoms with E-state index in [2.05, 4.69) is 5.32 Å². The monoisotopic (exact) mass is 424 g/mol. The fraction of sp³-hybridized carbons (Fsp3) is 0.636. The van der Waals surface area contributed by atoms with Crippen LogP contribution in [0.3, 0.4) is 0 Å². The van der Waals surface area contributed by atoms with Gasteiger partial charge in [0, 0.05) is 29.9 Å². The van der Waals surface area contributed by atoms with Crippen LogP contribution in [0.4, 0.5) is 4.79 Å². The van der Waals surface area contributed by atoms with Gasteiger partial charge in [0.05, 0.1) is 5.60 Å². The highest BCUT2D eigenvalue weighted by atomic mass is 35.5. The minimum Gasteiger partial charge on any atom is -0.444 e. The van der Waals surface area contributed by atoms with Gasteiger partial charge in [0.1, 0.15) is 11.6 Å². The molecule has 4 atom stereocenters. The average molecular weight is 425 g/mol. The Balaban J connectivity index is 2.12. The first-order valence-corrected chi connectivity index (χ1v) is 10.4. The molecule has 1 aliphatic heterocycles. The van der Waals surface area contributed by atoms with Crippen molar-refractivity contribution < 1.29 is 19.4 Å². The number of nitrogens with one attached hydrogen (secondary N) is 1. The molecule has 0 radical (unpaired) electrons. The van der Waals surface area contributed by atoms with E-state index in [0.29, 0.717) is 18.1 Å². The summed E-state index contributed by atoms with van der Waals surface area (Å²) < 4.78 is 5.23. The summed E-state index contributed by atoms with van der Waals surface area (Å²) in [7, 11) is 0. The molecule has 2 rings (SSSR count). The lowest BCUT2D eigenvalue weighted by Crippen LogP contribution is -2.59. The van der Waals surface area contributed by atoms with Crippen LogP contribution in [0.1, 0.15) is 52.7 Å². The average Bonchev–Trinajstić information content (AvgIpc) is 2.56. The Morgan fingerprint density at radius 2 is 1.83 bits per heavy atom. The van der Waals surface area contributed by atoms with Crippen LogP contribution >= 0.6 is 11.6 Å². The number of carbonyl (C=O) groups excluding carboxylic acids is 2. The molecule has 0 saturated carbocycles. The van der Waals surface area contributed by atoms with Gasteiger partial charge >= 0.3 is 6.09 Å². The molecular weight excluding hydrogens is 392 g/mol. The lowest BCUT2D eigenvalue weighted by molar-refractivity contribution is -0.150. The molecule has 2 amide bonds. The predicted molar refractivity (Wildman–Crippen MR) is 114 cm³/mol. The highest BCUT2D eigenvalue weighted by Gasteiger charge is 2.47. The lowest BCUT2D eigenvalue weighted by Gasteiger charge is -2.49. The third-order valence-electron chi connectivity index (χ3n) is 5.53. The van der Waals surface area contributed by atoms with Gasteiger partial charge in [-0.1, -0.05) is 31.5 Å². The van der Waals surface area contributed by atoms with E-state index in [0.717, 1.165) is 11.1 Å². The van der Waals surface area contributed by atoms with E-state index in [4.69, 9.17) is 16.3 Å². The van der Waals surface area contributed by atoms with Crippen LogP contribution in [0.5, 0.6) is 0 Å². The molecule has 1 aromatic rings. The number of aryl methyl sites for hydroxylation is 1. The molecule has 1 unspecified atom stereocenters. The normalized spacial score (nSPS) is 26.0. The van der Waals surface area contributed by atoms with Gasteiger partial charge in [0.25, 0.3) is 0 Å². The molecule has 0 bridgehead atoms. The number of halogens is 1. The number of alkyl carbamates (subject to hydrolysis) is 1. The van der Waals surface area contributed by atoms with E-state index in [9.17, 15) is 14.7 Å². The second-order valence-electron chi connectivity index (χ2n) is 9.20. The van der Waals surface area contributed by atoms with Gasteiger partial charge in [-0.05, 0) is 57.9 Å². The highest BCUT2D eigenvalue weighted by Crippen LogP contribution is 2.43. The maximum Gasteiger partial charge on any atom is 0.408 e. The molecule has 1 aliphatic rings. The van der Waals surface area contributed by atoms with Gasteiger partial charge < -0.3 is 20.1 Å². The van der Waals surface area contributed by atoms with Crippen LogP contribution in [0, 0.1) is 18.8 Å². The fourth-order valence-electron chi connectivity index (χ4n) is 4.11. The van der Waals surface area contributed by atoms with Crippen LogP contribution in [-0.2, 0) is 15.1 Å². The molecule has 1 heterocycles. The van der Waals surface area contributed by atoms with Crippen molar-refractivity contribution in [1.82, 2.24) is 10.2 Å².